The number of piperidine rings is 1. The third-order valence-electron chi connectivity index (χ3n) is 4.17. The van der Waals surface area contributed by atoms with Crippen LogP contribution >= 0.6 is 0 Å². The zero-order valence-electron chi connectivity index (χ0n) is 13.4. The molecule has 4 rings (SSSR count). The van der Waals surface area contributed by atoms with Crippen LogP contribution in [0.1, 0.15) is 42.9 Å². The third kappa shape index (κ3) is 3.05. The number of hydrogen-bond donors (Lipinski definition) is 0. The van der Waals surface area contributed by atoms with Crippen molar-refractivity contribution in [1.29, 1.82) is 0 Å². The van der Waals surface area contributed by atoms with Gasteiger partial charge in [0.15, 0.2) is 5.82 Å². The first kappa shape index (κ1) is 14.9. The van der Waals surface area contributed by atoms with Crippen LogP contribution in [0.4, 0.5) is 0 Å². The van der Waals surface area contributed by atoms with E-state index >= 15 is 0 Å². The lowest BCUT2D eigenvalue weighted by Crippen LogP contribution is -2.33. The highest BCUT2D eigenvalue weighted by atomic mass is 16.5. The van der Waals surface area contributed by atoms with E-state index in [0.717, 1.165) is 31.4 Å². The van der Waals surface area contributed by atoms with Gasteiger partial charge in [-0.25, -0.2) is 0 Å². The minimum atomic E-state index is 0.105. The fraction of sp³-hybridized carbons (Fsp3) is 0.438. The van der Waals surface area contributed by atoms with Crippen LogP contribution in [0.5, 0.6) is 0 Å². The van der Waals surface area contributed by atoms with Crippen molar-refractivity contribution in [3.63, 3.8) is 0 Å². The molecule has 0 aliphatic carbocycles. The second kappa shape index (κ2) is 6.48. The smallest absolute Gasteiger partial charge is 0.243 e. The van der Waals surface area contributed by atoms with E-state index in [2.05, 4.69) is 30.2 Å². The molecule has 1 unspecified atom stereocenters. The molecule has 24 heavy (non-hydrogen) atoms. The lowest BCUT2D eigenvalue weighted by Gasteiger charge is -2.31. The van der Waals surface area contributed by atoms with Gasteiger partial charge in [0.25, 0.3) is 0 Å². The van der Waals surface area contributed by atoms with E-state index in [1.54, 1.807) is 12.4 Å². The maximum Gasteiger partial charge on any atom is 0.243 e. The molecule has 8 heteroatoms. The van der Waals surface area contributed by atoms with Gasteiger partial charge in [0.1, 0.15) is 0 Å². The number of hydrogen-bond acceptors (Lipinski definition) is 8. The molecule has 0 N–H and O–H groups in total. The summed E-state index contributed by atoms with van der Waals surface area (Å²) in [5.41, 5.74) is 0.843. The Morgan fingerprint density at radius 2 is 2.17 bits per heavy atom. The zero-order chi connectivity index (χ0) is 16.4. The summed E-state index contributed by atoms with van der Waals surface area (Å²) in [5.74, 6) is 2.46. The average Bonchev–Trinajstić information content (AvgIpc) is 3.25. The maximum absolute atomic E-state index is 5.41. The zero-order valence-corrected chi connectivity index (χ0v) is 13.4. The van der Waals surface area contributed by atoms with Gasteiger partial charge in [0.05, 0.1) is 12.6 Å². The van der Waals surface area contributed by atoms with E-state index in [1.807, 2.05) is 19.1 Å². The first-order valence-corrected chi connectivity index (χ1v) is 8.07. The Hall–Kier alpha value is -2.61. The Bertz CT molecular complexity index is 800. The van der Waals surface area contributed by atoms with E-state index in [0.29, 0.717) is 30.0 Å². The highest BCUT2D eigenvalue weighted by molar-refractivity contribution is 5.51. The third-order valence-corrected chi connectivity index (χ3v) is 4.17. The lowest BCUT2D eigenvalue weighted by atomic mass is 10.0. The predicted molar refractivity (Wildman–Crippen MR) is 83.6 cm³/mol. The van der Waals surface area contributed by atoms with Crippen LogP contribution in [0.25, 0.3) is 11.4 Å². The summed E-state index contributed by atoms with van der Waals surface area (Å²) in [6.07, 6.45) is 6.71. The van der Waals surface area contributed by atoms with Gasteiger partial charge >= 0.3 is 0 Å². The Morgan fingerprint density at radius 3 is 2.96 bits per heavy atom. The van der Waals surface area contributed by atoms with Crippen molar-refractivity contribution < 1.29 is 9.05 Å². The van der Waals surface area contributed by atoms with Crippen molar-refractivity contribution in [3.8, 4) is 11.4 Å². The van der Waals surface area contributed by atoms with Crippen LogP contribution in [0.15, 0.2) is 33.6 Å². The molecule has 0 saturated carbocycles. The number of aryl methyl sites for hydroxylation is 1. The Labute approximate surface area is 138 Å². The van der Waals surface area contributed by atoms with Crippen LogP contribution in [-0.2, 0) is 6.54 Å². The topological polar surface area (TPSA) is 94.0 Å². The van der Waals surface area contributed by atoms with Crippen molar-refractivity contribution >= 4 is 0 Å². The quantitative estimate of drug-likeness (QED) is 0.722. The summed E-state index contributed by atoms with van der Waals surface area (Å²) >= 11 is 0. The summed E-state index contributed by atoms with van der Waals surface area (Å²) in [6, 6.07) is 3.87. The molecule has 3 aromatic rings. The van der Waals surface area contributed by atoms with Crippen LogP contribution in [0, 0.1) is 6.92 Å². The van der Waals surface area contributed by atoms with Gasteiger partial charge in [-0.15, -0.1) is 0 Å². The molecule has 1 saturated heterocycles. The number of aromatic nitrogens is 5. The lowest BCUT2D eigenvalue weighted by molar-refractivity contribution is 0.0986. The van der Waals surface area contributed by atoms with E-state index in [4.69, 9.17) is 9.05 Å². The van der Waals surface area contributed by atoms with Crippen molar-refractivity contribution in [1.82, 2.24) is 30.2 Å². The number of pyridine rings is 1. The molecule has 1 atom stereocenters. The molecule has 0 radical (unpaired) electrons. The van der Waals surface area contributed by atoms with Gasteiger partial charge in [-0.3, -0.25) is 9.88 Å². The predicted octanol–water partition coefficient (Wildman–Crippen LogP) is 2.55. The van der Waals surface area contributed by atoms with Crippen molar-refractivity contribution in [2.75, 3.05) is 6.54 Å². The largest absolute Gasteiger partial charge is 0.338 e. The second-order valence-corrected chi connectivity index (χ2v) is 5.92. The summed E-state index contributed by atoms with van der Waals surface area (Å²) < 4.78 is 10.8. The van der Waals surface area contributed by atoms with Gasteiger partial charge in [0, 0.05) is 18.0 Å². The Morgan fingerprint density at radius 1 is 1.21 bits per heavy atom. The molecule has 0 aromatic carbocycles. The minimum Gasteiger partial charge on any atom is -0.338 e. The molecule has 0 spiro atoms. The molecular formula is C16H18N6O2. The van der Waals surface area contributed by atoms with Crippen molar-refractivity contribution in [3.05, 3.63) is 42.1 Å². The number of nitrogens with zero attached hydrogens (tertiary/aromatic N) is 6. The van der Waals surface area contributed by atoms with E-state index < -0.39 is 0 Å². The van der Waals surface area contributed by atoms with Gasteiger partial charge in [-0.05, 0) is 38.4 Å². The van der Waals surface area contributed by atoms with E-state index in [-0.39, 0.29) is 6.04 Å². The fourth-order valence-electron chi connectivity index (χ4n) is 3.01. The van der Waals surface area contributed by atoms with Crippen LogP contribution in [-0.4, -0.2) is 36.7 Å². The van der Waals surface area contributed by atoms with Gasteiger partial charge in [-0.2, -0.15) is 9.97 Å². The molecule has 0 amide bonds. The molecule has 4 heterocycles. The molecule has 1 fully saturated rings. The fourth-order valence-corrected chi connectivity index (χ4v) is 3.01. The summed E-state index contributed by atoms with van der Waals surface area (Å²) in [4.78, 5) is 15.2. The first-order valence-electron chi connectivity index (χ1n) is 8.07. The van der Waals surface area contributed by atoms with Crippen molar-refractivity contribution in [2.45, 2.75) is 38.8 Å². The molecule has 3 aromatic heterocycles. The van der Waals surface area contributed by atoms with Crippen LogP contribution < -0.4 is 0 Å². The van der Waals surface area contributed by atoms with Gasteiger partial charge in [-0.1, -0.05) is 16.7 Å². The molecule has 1 aliphatic heterocycles. The Balaban J connectivity index is 1.52. The molecule has 124 valence electrons. The first-order chi connectivity index (χ1) is 11.8. The standard InChI is InChI=1S/C16H18N6O2/c1-11-18-16(24-20-11)13-6-2-3-8-22(13)10-14-19-15(21-23-14)12-5-4-7-17-9-12/h4-5,7,9,13H,2-3,6,8,10H2,1H3. The summed E-state index contributed by atoms with van der Waals surface area (Å²) in [6.45, 7) is 3.34. The normalized spacial score (nSPS) is 18.8. The van der Waals surface area contributed by atoms with Gasteiger partial charge in [0.2, 0.25) is 17.6 Å². The van der Waals surface area contributed by atoms with Gasteiger partial charge < -0.3 is 9.05 Å². The highest BCUT2D eigenvalue weighted by Gasteiger charge is 2.29. The molecular weight excluding hydrogens is 308 g/mol. The SMILES string of the molecule is Cc1noc(C2CCCCN2Cc2nc(-c3cccnc3)no2)n1. The average molecular weight is 326 g/mol. The molecule has 1 aliphatic rings. The summed E-state index contributed by atoms with van der Waals surface area (Å²) in [7, 11) is 0. The van der Waals surface area contributed by atoms with E-state index in [1.165, 1.54) is 0 Å². The Kier molecular flexibility index (Phi) is 4.04. The monoisotopic (exact) mass is 326 g/mol. The number of likely N-dealkylation sites (tertiary alicyclic amines) is 1. The van der Waals surface area contributed by atoms with Crippen LogP contribution in [0.3, 0.4) is 0 Å². The van der Waals surface area contributed by atoms with Crippen LogP contribution in [0.2, 0.25) is 0 Å². The maximum atomic E-state index is 5.41. The molecule has 0 bridgehead atoms. The minimum absolute atomic E-state index is 0.105. The summed E-state index contributed by atoms with van der Waals surface area (Å²) in [5, 5.41) is 7.96. The van der Waals surface area contributed by atoms with E-state index in [9.17, 15) is 0 Å². The second-order valence-electron chi connectivity index (χ2n) is 5.92. The van der Waals surface area contributed by atoms with Crippen molar-refractivity contribution in [2.24, 2.45) is 0 Å². The molecule has 8 nitrogen and oxygen atoms in total. The number of rotatable bonds is 4. The highest BCUT2D eigenvalue weighted by Crippen LogP contribution is 2.31.